The molecule has 158 valence electrons. The Balaban J connectivity index is 1.62. The molecular weight excluding hydrogens is 411 g/mol. The van der Waals surface area contributed by atoms with E-state index in [4.69, 9.17) is 27.9 Å². The summed E-state index contributed by atoms with van der Waals surface area (Å²) in [5.41, 5.74) is 1.88. The largest absolute Gasteiger partial charge is 0.374 e. The predicted molar refractivity (Wildman–Crippen MR) is 116 cm³/mol. The SMILES string of the molecule is Cc1nn(Cc2ccccc2Cl)c(Cl)c1C(=O)NCC1CN(CC(C)C)CCO1. The topological polar surface area (TPSA) is 59.4 Å². The molecule has 0 spiro atoms. The third kappa shape index (κ3) is 5.72. The average molecular weight is 439 g/mol. The molecule has 1 aliphatic heterocycles. The van der Waals surface area contributed by atoms with Crippen molar-refractivity contribution in [2.24, 2.45) is 5.92 Å². The van der Waals surface area contributed by atoms with Crippen LogP contribution in [0.2, 0.25) is 10.2 Å². The molecule has 0 radical (unpaired) electrons. The summed E-state index contributed by atoms with van der Waals surface area (Å²) in [6, 6.07) is 7.52. The molecule has 0 aliphatic carbocycles. The number of aromatic nitrogens is 2. The third-order valence-electron chi connectivity index (χ3n) is 4.91. The van der Waals surface area contributed by atoms with Gasteiger partial charge in [-0.1, -0.05) is 55.2 Å². The molecule has 29 heavy (non-hydrogen) atoms. The fraction of sp³-hybridized carbons (Fsp3) is 0.524. The number of rotatable bonds is 7. The highest BCUT2D eigenvalue weighted by atomic mass is 35.5. The van der Waals surface area contributed by atoms with E-state index in [0.29, 0.717) is 47.0 Å². The lowest BCUT2D eigenvalue weighted by molar-refractivity contribution is -0.0295. The molecule has 1 aromatic heterocycles. The first-order valence-electron chi connectivity index (χ1n) is 9.93. The van der Waals surface area contributed by atoms with Gasteiger partial charge in [-0.25, -0.2) is 4.68 Å². The van der Waals surface area contributed by atoms with Crippen molar-refractivity contribution >= 4 is 29.1 Å². The molecule has 2 aromatic rings. The second-order valence-corrected chi connectivity index (χ2v) is 8.62. The van der Waals surface area contributed by atoms with Gasteiger partial charge in [0.05, 0.1) is 30.5 Å². The number of hydrogen-bond acceptors (Lipinski definition) is 4. The summed E-state index contributed by atoms with van der Waals surface area (Å²) in [6.45, 7) is 10.5. The highest BCUT2D eigenvalue weighted by molar-refractivity contribution is 6.33. The van der Waals surface area contributed by atoms with Crippen LogP contribution >= 0.6 is 23.2 Å². The minimum Gasteiger partial charge on any atom is -0.374 e. The van der Waals surface area contributed by atoms with Gasteiger partial charge in [-0.2, -0.15) is 5.10 Å². The van der Waals surface area contributed by atoms with E-state index in [0.717, 1.165) is 25.2 Å². The standard InChI is InChI=1S/C21H28Cl2N4O2/c1-14(2)11-26-8-9-29-17(13-26)10-24-21(28)19-15(3)25-27(20(19)23)12-16-6-4-5-7-18(16)22/h4-7,14,17H,8-13H2,1-3H3,(H,24,28). The zero-order valence-electron chi connectivity index (χ0n) is 17.1. The van der Waals surface area contributed by atoms with Crippen LogP contribution in [0.1, 0.15) is 35.5 Å². The molecule has 1 fully saturated rings. The Kier molecular flexibility index (Phi) is 7.57. The zero-order chi connectivity index (χ0) is 21.0. The number of ether oxygens (including phenoxy) is 1. The number of halogens is 2. The van der Waals surface area contributed by atoms with Crippen molar-refractivity contribution in [2.75, 3.05) is 32.8 Å². The Morgan fingerprint density at radius 2 is 2.10 bits per heavy atom. The van der Waals surface area contributed by atoms with Crippen molar-refractivity contribution in [3.8, 4) is 0 Å². The zero-order valence-corrected chi connectivity index (χ0v) is 18.6. The maximum atomic E-state index is 12.8. The van der Waals surface area contributed by atoms with Crippen molar-refractivity contribution in [3.63, 3.8) is 0 Å². The van der Waals surface area contributed by atoms with Gasteiger partial charge in [0.1, 0.15) is 5.15 Å². The second kappa shape index (κ2) is 9.94. The summed E-state index contributed by atoms with van der Waals surface area (Å²) in [6.07, 6.45) is -0.0244. The normalized spacial score (nSPS) is 17.7. The summed E-state index contributed by atoms with van der Waals surface area (Å²) in [5.74, 6) is 0.372. The maximum Gasteiger partial charge on any atom is 0.256 e. The summed E-state index contributed by atoms with van der Waals surface area (Å²) < 4.78 is 7.41. The lowest BCUT2D eigenvalue weighted by Gasteiger charge is -2.33. The van der Waals surface area contributed by atoms with E-state index in [1.807, 2.05) is 24.3 Å². The number of carbonyl (C=O) groups excluding carboxylic acids is 1. The number of carbonyl (C=O) groups is 1. The maximum absolute atomic E-state index is 12.8. The molecular formula is C21H28Cl2N4O2. The molecule has 1 aromatic carbocycles. The highest BCUT2D eigenvalue weighted by Crippen LogP contribution is 2.23. The number of morpholine rings is 1. The van der Waals surface area contributed by atoms with Gasteiger partial charge in [0.2, 0.25) is 0 Å². The van der Waals surface area contributed by atoms with E-state index in [-0.39, 0.29) is 12.0 Å². The van der Waals surface area contributed by atoms with E-state index in [1.54, 1.807) is 11.6 Å². The van der Waals surface area contributed by atoms with E-state index in [1.165, 1.54) is 0 Å². The van der Waals surface area contributed by atoms with Gasteiger partial charge in [0, 0.05) is 31.2 Å². The molecule has 2 heterocycles. The molecule has 0 saturated carbocycles. The lowest BCUT2D eigenvalue weighted by atomic mass is 10.1. The molecule has 0 bridgehead atoms. The summed E-state index contributed by atoms with van der Waals surface area (Å²) in [5, 5.41) is 8.34. The predicted octanol–water partition coefficient (Wildman–Crippen LogP) is 3.63. The van der Waals surface area contributed by atoms with E-state index in [9.17, 15) is 4.79 Å². The first kappa shape index (κ1) is 22.1. The van der Waals surface area contributed by atoms with Crippen LogP contribution in [0.15, 0.2) is 24.3 Å². The van der Waals surface area contributed by atoms with Crippen LogP contribution in [0.3, 0.4) is 0 Å². The second-order valence-electron chi connectivity index (χ2n) is 7.86. The molecule has 1 amide bonds. The highest BCUT2D eigenvalue weighted by Gasteiger charge is 2.24. The monoisotopic (exact) mass is 438 g/mol. The summed E-state index contributed by atoms with van der Waals surface area (Å²) >= 11 is 12.7. The molecule has 6 nitrogen and oxygen atoms in total. The number of aryl methyl sites for hydroxylation is 1. The summed E-state index contributed by atoms with van der Waals surface area (Å²) in [4.78, 5) is 15.2. The van der Waals surface area contributed by atoms with Crippen molar-refractivity contribution < 1.29 is 9.53 Å². The van der Waals surface area contributed by atoms with Crippen molar-refractivity contribution in [3.05, 3.63) is 51.3 Å². The smallest absolute Gasteiger partial charge is 0.256 e. The van der Waals surface area contributed by atoms with E-state index in [2.05, 4.69) is 29.2 Å². The first-order chi connectivity index (χ1) is 13.8. The molecule has 1 unspecified atom stereocenters. The number of hydrogen-bond donors (Lipinski definition) is 1. The fourth-order valence-corrected chi connectivity index (χ4v) is 4.10. The van der Waals surface area contributed by atoms with Crippen LogP contribution in [-0.2, 0) is 11.3 Å². The number of amides is 1. The number of nitrogens with zero attached hydrogens (tertiary/aromatic N) is 3. The summed E-state index contributed by atoms with van der Waals surface area (Å²) in [7, 11) is 0. The fourth-order valence-electron chi connectivity index (χ4n) is 3.59. The van der Waals surface area contributed by atoms with Crippen molar-refractivity contribution in [1.29, 1.82) is 0 Å². The van der Waals surface area contributed by atoms with Gasteiger partial charge in [0.25, 0.3) is 5.91 Å². The van der Waals surface area contributed by atoms with Gasteiger partial charge < -0.3 is 10.1 Å². The van der Waals surface area contributed by atoms with Crippen LogP contribution < -0.4 is 5.32 Å². The van der Waals surface area contributed by atoms with Gasteiger partial charge in [0.15, 0.2) is 0 Å². The molecule has 8 heteroatoms. The van der Waals surface area contributed by atoms with Crippen LogP contribution in [0, 0.1) is 12.8 Å². The Hall–Kier alpha value is -1.60. The quantitative estimate of drug-likeness (QED) is 0.716. The van der Waals surface area contributed by atoms with Gasteiger partial charge in [-0.15, -0.1) is 0 Å². The molecule has 1 aliphatic rings. The molecule has 3 rings (SSSR count). The van der Waals surface area contributed by atoms with E-state index >= 15 is 0 Å². The number of nitrogens with one attached hydrogen (secondary N) is 1. The average Bonchev–Trinajstić information content (AvgIpc) is 2.95. The Labute approximate surface area is 182 Å². The van der Waals surface area contributed by atoms with Gasteiger partial charge >= 0.3 is 0 Å². The van der Waals surface area contributed by atoms with Gasteiger partial charge in [-0.3, -0.25) is 9.69 Å². The third-order valence-corrected chi connectivity index (χ3v) is 5.66. The Bertz CT molecular complexity index is 853. The Morgan fingerprint density at radius 1 is 1.34 bits per heavy atom. The minimum atomic E-state index is -0.234. The van der Waals surface area contributed by atoms with Crippen LogP contribution in [0.25, 0.3) is 0 Å². The number of benzene rings is 1. The lowest BCUT2D eigenvalue weighted by Crippen LogP contribution is -2.48. The van der Waals surface area contributed by atoms with Crippen LogP contribution in [0.5, 0.6) is 0 Å². The van der Waals surface area contributed by atoms with E-state index < -0.39 is 0 Å². The van der Waals surface area contributed by atoms with Crippen molar-refractivity contribution in [1.82, 2.24) is 20.0 Å². The minimum absolute atomic E-state index is 0.0244. The van der Waals surface area contributed by atoms with Gasteiger partial charge in [-0.05, 0) is 24.5 Å². The van der Waals surface area contributed by atoms with Crippen molar-refractivity contribution in [2.45, 2.75) is 33.4 Å². The van der Waals surface area contributed by atoms with Crippen LogP contribution in [-0.4, -0.2) is 59.5 Å². The Morgan fingerprint density at radius 3 is 2.83 bits per heavy atom. The molecule has 1 saturated heterocycles. The molecule has 1 N–H and O–H groups in total. The first-order valence-corrected chi connectivity index (χ1v) is 10.7. The molecule has 1 atom stereocenters. The van der Waals surface area contributed by atoms with Crippen LogP contribution in [0.4, 0.5) is 0 Å².